The first-order chi connectivity index (χ1) is 51.6. The van der Waals surface area contributed by atoms with E-state index in [2.05, 4.69) is 453 Å². The normalized spacial score (nSPS) is 13.5. The zero-order chi connectivity index (χ0) is 79.0. The topological polar surface area (TPSA) is 13.0 Å². The summed E-state index contributed by atoms with van der Waals surface area (Å²) in [5, 5.41) is 4.77. The van der Waals surface area contributed by atoms with E-state index in [-0.39, 0.29) is 43.3 Å². The van der Waals surface area contributed by atoms with E-state index in [0.717, 1.165) is 81.0 Å². The van der Waals surface area contributed by atoms with E-state index in [1.165, 1.54) is 88.4 Å². The summed E-state index contributed by atoms with van der Waals surface area (Å²) in [5.41, 5.74) is 28.8. The van der Waals surface area contributed by atoms with Crippen LogP contribution in [0.15, 0.2) is 273 Å². The fraction of sp³-hybridized carbons (Fsp3) is 0.321. The summed E-state index contributed by atoms with van der Waals surface area (Å²) in [5.74, 6) is 0. The molecule has 1 aliphatic rings. The van der Waals surface area contributed by atoms with E-state index < -0.39 is 0 Å². The lowest BCUT2D eigenvalue weighted by molar-refractivity contribution is 0.590. The third-order valence-electron chi connectivity index (χ3n) is 22.7. The Hall–Kier alpha value is -10.2. The maximum absolute atomic E-state index is 2.52. The maximum atomic E-state index is 2.52. The van der Waals surface area contributed by atoms with Gasteiger partial charge in [0.25, 0.3) is 0 Å². The third kappa shape index (κ3) is 16.5. The fourth-order valence-electron chi connectivity index (χ4n) is 15.6. The lowest BCUT2D eigenvalue weighted by Crippen LogP contribution is -2.19. The number of nitrogens with zero attached hydrogens (tertiary/aromatic N) is 4. The predicted molar refractivity (Wildman–Crippen MR) is 481 cm³/mol. The zero-order valence-electron chi connectivity index (χ0n) is 70.6. The van der Waals surface area contributed by atoms with E-state index >= 15 is 0 Å². The second kappa shape index (κ2) is 29.3. The Morgan fingerprint density at radius 3 is 0.609 bits per heavy atom. The van der Waals surface area contributed by atoms with Crippen LogP contribution in [0.1, 0.15) is 229 Å². The summed E-state index contributed by atoms with van der Waals surface area (Å²) >= 11 is 0. The van der Waals surface area contributed by atoms with Crippen molar-refractivity contribution in [3.8, 4) is 11.1 Å². The summed E-state index contributed by atoms with van der Waals surface area (Å²) in [4.78, 5) is 9.89. The highest BCUT2D eigenvalue weighted by Gasteiger charge is 2.30. The highest BCUT2D eigenvalue weighted by atomic mass is 15.2. The molecule has 0 unspecified atom stereocenters. The molecule has 0 saturated carbocycles. The van der Waals surface area contributed by atoms with Gasteiger partial charge in [0.15, 0.2) is 0 Å². The molecule has 4 nitrogen and oxygen atoms in total. The second-order valence-electron chi connectivity index (χ2n) is 39.3. The van der Waals surface area contributed by atoms with Gasteiger partial charge >= 0.3 is 0 Å². The first kappa shape index (κ1) is 78.0. The van der Waals surface area contributed by atoms with Gasteiger partial charge in [0, 0.05) is 68.3 Å². The molecule has 110 heavy (non-hydrogen) atoms. The van der Waals surface area contributed by atoms with E-state index in [4.69, 9.17) is 0 Å². The first-order valence-electron chi connectivity index (χ1n) is 40.2. The average Bonchev–Trinajstić information content (AvgIpc) is 0.720. The minimum absolute atomic E-state index is 0.00664. The Morgan fingerprint density at radius 1 is 0.182 bits per heavy atom. The Morgan fingerprint density at radius 2 is 0.382 bits per heavy atom. The van der Waals surface area contributed by atoms with Crippen molar-refractivity contribution in [2.45, 2.75) is 222 Å². The maximum Gasteiger partial charge on any atom is 0.0468 e. The van der Waals surface area contributed by atoms with Gasteiger partial charge in [-0.2, -0.15) is 0 Å². The van der Waals surface area contributed by atoms with Gasteiger partial charge in [0.2, 0.25) is 0 Å². The van der Waals surface area contributed by atoms with Crippen LogP contribution in [-0.4, -0.2) is 0 Å². The molecule has 4 heteroatoms. The summed E-state index contributed by atoms with van der Waals surface area (Å²) < 4.78 is 0. The van der Waals surface area contributed by atoms with Gasteiger partial charge in [-0.05, 0) is 284 Å². The van der Waals surface area contributed by atoms with Crippen molar-refractivity contribution in [2.75, 3.05) is 19.6 Å². The molecule has 0 radical (unpaired) electrons. The average molecular weight is 1450 g/mol. The highest BCUT2D eigenvalue weighted by molar-refractivity contribution is 6.20. The van der Waals surface area contributed by atoms with Crippen LogP contribution in [0.3, 0.4) is 0 Å². The lowest BCUT2D eigenvalue weighted by Gasteiger charge is -2.32. The Labute approximate surface area is 661 Å². The molecule has 0 atom stereocenters. The van der Waals surface area contributed by atoms with Crippen molar-refractivity contribution in [2.24, 2.45) is 0 Å². The number of fused-ring (bicyclic) bond motifs is 2. The molecule has 0 aliphatic heterocycles. The number of hydrogen-bond acceptors (Lipinski definition) is 4. The summed E-state index contributed by atoms with van der Waals surface area (Å²) in [6.07, 6.45) is 6.53. The van der Waals surface area contributed by atoms with Crippen molar-refractivity contribution < 1.29 is 0 Å². The van der Waals surface area contributed by atoms with E-state index in [9.17, 15) is 0 Å². The summed E-state index contributed by atoms with van der Waals surface area (Å²) in [6.45, 7) is 55.2. The van der Waals surface area contributed by atoms with Crippen LogP contribution < -0.4 is 19.6 Å². The first-order valence-corrected chi connectivity index (χ1v) is 40.2. The predicted octanol–water partition coefficient (Wildman–Crippen LogP) is 31.3. The SMILES string of the molecule is CC(C)(C)c1ccc(N(C2=CC=C(c3c4cc(N(c5ccc(C(C)(C)C)cc5)c5ccc(C(C)(C)C)cc5)ccc4c(-c4ccc(N(c5ccc(C(C)(C)C)cc5)c5ccc(C(C)(C)C)cc5)cc4)c4cc(N(c5ccc(C(C)(C)C)cc5)c5ccc(C(C)(C)C)cc5)ccc34)CC2)c2ccc(C(C)(C)C)cc2)cc1. The minimum Gasteiger partial charge on any atom is -0.314 e. The molecule has 0 N–H and O–H groups in total. The molecule has 12 aromatic rings. The molecule has 564 valence electrons. The standard InChI is InChI=1S/C106H120N4/c1-99(2,3)73-29-49-83(50-30-73)107(84-51-31-74(32-52-84)100(4,5)6)81-45-25-71(26-46-81)97-93-67-65-92(110(89-61-41-79(42-62-89)105(19,20)21)90-63-43-80(44-64-90)106(22,23)24)70-96(93)98(72-27-47-82(48-28-72)108(85-53-33-75(34-54-85)101(7,8)9)86-55-35-76(36-56-86)102(10,11)12)94-68-66-91(69-95(94)97)109(87-57-37-77(38-58-87)103(13,14)15)88-59-39-78(40-60-88)104(16,17)18/h25-27,29-47,49-70H,28,48H2,1-24H3. The van der Waals surface area contributed by atoms with Crippen molar-refractivity contribution in [3.05, 3.63) is 323 Å². The Balaban J connectivity index is 1.11. The molecule has 0 amide bonds. The van der Waals surface area contributed by atoms with Crippen LogP contribution in [0.4, 0.5) is 62.6 Å². The van der Waals surface area contributed by atoms with E-state index in [1.54, 1.807) is 0 Å². The second-order valence-corrected chi connectivity index (χ2v) is 39.3. The van der Waals surface area contributed by atoms with Gasteiger partial charge in [-0.3, -0.25) is 0 Å². The highest BCUT2D eigenvalue weighted by Crippen LogP contribution is 2.51. The Kier molecular flexibility index (Phi) is 20.7. The van der Waals surface area contributed by atoms with Crippen molar-refractivity contribution >= 4 is 89.7 Å². The molecule has 0 saturated heterocycles. The number of allylic oxidation sites excluding steroid dienone is 4. The molecule has 13 rings (SSSR count). The largest absolute Gasteiger partial charge is 0.314 e. The smallest absolute Gasteiger partial charge is 0.0468 e. The van der Waals surface area contributed by atoms with E-state index in [1.807, 2.05) is 0 Å². The number of benzene rings is 12. The van der Waals surface area contributed by atoms with Crippen molar-refractivity contribution in [1.29, 1.82) is 0 Å². The lowest BCUT2D eigenvalue weighted by atomic mass is 9.82. The zero-order valence-corrected chi connectivity index (χ0v) is 70.6. The molecule has 1 aliphatic carbocycles. The molecule has 0 bridgehead atoms. The summed E-state index contributed by atoms with van der Waals surface area (Å²) in [6, 6.07) is 98.5. The molecule has 0 spiro atoms. The van der Waals surface area contributed by atoms with Gasteiger partial charge < -0.3 is 19.6 Å². The van der Waals surface area contributed by atoms with Crippen LogP contribution in [0.2, 0.25) is 0 Å². The van der Waals surface area contributed by atoms with Crippen molar-refractivity contribution in [3.63, 3.8) is 0 Å². The molecule has 0 fully saturated rings. The third-order valence-corrected chi connectivity index (χ3v) is 22.7. The van der Waals surface area contributed by atoms with E-state index in [0.29, 0.717) is 0 Å². The number of rotatable bonds is 14. The number of hydrogen-bond donors (Lipinski definition) is 0. The van der Waals surface area contributed by atoms with Crippen LogP contribution in [-0.2, 0) is 43.3 Å². The van der Waals surface area contributed by atoms with Crippen LogP contribution in [0.5, 0.6) is 0 Å². The van der Waals surface area contributed by atoms with Crippen molar-refractivity contribution in [1.82, 2.24) is 0 Å². The van der Waals surface area contributed by atoms with Gasteiger partial charge in [0.05, 0.1) is 0 Å². The monoisotopic (exact) mass is 1450 g/mol. The molecule has 0 aromatic heterocycles. The van der Waals surface area contributed by atoms with Crippen LogP contribution in [0.25, 0.3) is 38.2 Å². The molecule has 0 heterocycles. The molecule has 12 aromatic carbocycles. The quantitative estimate of drug-likeness (QED) is 0.101. The summed E-state index contributed by atoms with van der Waals surface area (Å²) in [7, 11) is 0. The molecular weight excluding hydrogens is 1330 g/mol. The molecular formula is C106H120N4. The van der Waals surface area contributed by atoms with Gasteiger partial charge in [-0.1, -0.05) is 294 Å². The van der Waals surface area contributed by atoms with Crippen LogP contribution in [0, 0.1) is 0 Å². The van der Waals surface area contributed by atoms with Gasteiger partial charge in [-0.25, -0.2) is 0 Å². The fourth-order valence-corrected chi connectivity index (χ4v) is 15.6. The Bertz CT molecular complexity index is 5090. The number of anilines is 11. The van der Waals surface area contributed by atoms with Gasteiger partial charge in [-0.15, -0.1) is 0 Å². The van der Waals surface area contributed by atoms with Gasteiger partial charge in [0.1, 0.15) is 0 Å². The minimum atomic E-state index is -0.0184. The van der Waals surface area contributed by atoms with Crippen LogP contribution >= 0.6 is 0 Å².